The molecule has 0 saturated carbocycles. The molecule has 2 aromatic rings. The van der Waals surface area contributed by atoms with Gasteiger partial charge in [0.05, 0.1) is 6.61 Å². The van der Waals surface area contributed by atoms with Crippen molar-refractivity contribution in [2.75, 3.05) is 6.54 Å². The Morgan fingerprint density at radius 2 is 1.59 bits per heavy atom. The normalized spacial score (nSPS) is 13.3. The number of phenols is 1. The molecule has 0 aliphatic rings. The number of unbranched alkanes of at least 4 members (excludes halogenated alkanes) is 1. The van der Waals surface area contributed by atoms with Gasteiger partial charge < -0.3 is 9.53 Å². The van der Waals surface area contributed by atoms with Crippen molar-refractivity contribution in [3.8, 4) is 5.75 Å². The minimum Gasteiger partial charge on any atom is -0.508 e. The first kappa shape index (κ1) is 26.6. The van der Waals surface area contributed by atoms with Crippen LogP contribution < -0.4 is 0 Å². The lowest BCUT2D eigenvalue weighted by atomic mass is 9.85. The quantitative estimate of drug-likeness (QED) is 0.316. The number of rotatable bonds is 13. The largest absolute Gasteiger partial charge is 0.508 e. The summed E-state index contributed by atoms with van der Waals surface area (Å²) in [5.74, 6) is 0.519. The van der Waals surface area contributed by atoms with Crippen LogP contribution in [0, 0.1) is 0 Å². The zero-order valence-corrected chi connectivity index (χ0v) is 22.4. The zero-order chi connectivity index (χ0) is 23.7. The number of aromatic hydroxyl groups is 1. The van der Waals surface area contributed by atoms with Crippen LogP contribution in [0.5, 0.6) is 5.75 Å². The second-order valence-electron chi connectivity index (χ2n) is 10.2. The van der Waals surface area contributed by atoms with Crippen LogP contribution in [0.4, 0.5) is 0 Å². The summed E-state index contributed by atoms with van der Waals surface area (Å²) in [7, 11) is -1.72. The molecule has 0 aromatic heterocycles. The first-order valence-corrected chi connectivity index (χ1v) is 15.5. The predicted molar refractivity (Wildman–Crippen MR) is 140 cm³/mol. The van der Waals surface area contributed by atoms with Crippen molar-refractivity contribution < 1.29 is 9.53 Å². The molecule has 3 nitrogen and oxygen atoms in total. The molecule has 0 amide bonds. The highest BCUT2D eigenvalue weighted by Crippen LogP contribution is 2.37. The number of nitrogens with zero attached hydrogens (tertiary/aromatic N) is 1. The van der Waals surface area contributed by atoms with Gasteiger partial charge >= 0.3 is 0 Å². The molecule has 0 saturated heterocycles. The highest BCUT2D eigenvalue weighted by Gasteiger charge is 2.26. The van der Waals surface area contributed by atoms with E-state index < -0.39 is 8.32 Å². The fraction of sp³-hybridized carbons (Fsp3) is 0.571. The standard InChI is InChI=1S/C28H45NO2Si/c1-8-9-20-32(6,7)31-21-25-16-13-17-27(30)28(25)26(24-14-11-10-12-15-24)18-19-29(22(2)3)23(4)5/h10-17,22-23,26,30H,8-9,18-21H2,1-7H3. The molecule has 0 fully saturated rings. The average Bonchev–Trinajstić information content (AvgIpc) is 2.75. The van der Waals surface area contributed by atoms with Crippen molar-refractivity contribution in [1.29, 1.82) is 0 Å². The Balaban J connectivity index is 2.36. The van der Waals surface area contributed by atoms with E-state index in [1.807, 2.05) is 12.1 Å². The fourth-order valence-electron chi connectivity index (χ4n) is 4.63. The van der Waals surface area contributed by atoms with Gasteiger partial charge in [0, 0.05) is 23.6 Å². The monoisotopic (exact) mass is 455 g/mol. The molecule has 32 heavy (non-hydrogen) atoms. The van der Waals surface area contributed by atoms with Gasteiger partial charge in [-0.25, -0.2) is 0 Å². The number of phenolic OH excluding ortho intramolecular Hbond substituents is 1. The summed E-state index contributed by atoms with van der Waals surface area (Å²) in [4.78, 5) is 2.53. The highest BCUT2D eigenvalue weighted by atomic mass is 28.4. The summed E-state index contributed by atoms with van der Waals surface area (Å²) in [6, 6.07) is 18.7. The lowest BCUT2D eigenvalue weighted by molar-refractivity contribution is 0.170. The summed E-state index contributed by atoms with van der Waals surface area (Å²) in [6.45, 7) is 17.5. The van der Waals surface area contributed by atoms with Crippen LogP contribution in [0.3, 0.4) is 0 Å². The van der Waals surface area contributed by atoms with E-state index in [0.717, 1.165) is 24.1 Å². The second-order valence-corrected chi connectivity index (χ2v) is 14.5. The lowest BCUT2D eigenvalue weighted by Gasteiger charge is -2.33. The van der Waals surface area contributed by atoms with E-state index in [-0.39, 0.29) is 5.92 Å². The van der Waals surface area contributed by atoms with Crippen molar-refractivity contribution in [2.45, 2.75) is 97.6 Å². The highest BCUT2D eigenvalue weighted by molar-refractivity contribution is 6.71. The number of hydrogen-bond acceptors (Lipinski definition) is 3. The number of benzene rings is 2. The van der Waals surface area contributed by atoms with Gasteiger partial charge in [0.2, 0.25) is 0 Å². The van der Waals surface area contributed by atoms with Gasteiger partial charge in [0.15, 0.2) is 8.32 Å². The van der Waals surface area contributed by atoms with Crippen LogP contribution in [0.1, 0.15) is 76.5 Å². The third-order valence-electron chi connectivity index (χ3n) is 6.48. The van der Waals surface area contributed by atoms with Crippen molar-refractivity contribution >= 4 is 8.32 Å². The molecule has 1 unspecified atom stereocenters. The summed E-state index contributed by atoms with van der Waals surface area (Å²) in [5, 5.41) is 11.0. The van der Waals surface area contributed by atoms with Crippen LogP contribution in [-0.2, 0) is 11.0 Å². The number of hydrogen-bond donors (Lipinski definition) is 1. The van der Waals surface area contributed by atoms with Crippen molar-refractivity contribution in [3.63, 3.8) is 0 Å². The Labute approximate surface area is 197 Å². The van der Waals surface area contributed by atoms with E-state index in [9.17, 15) is 5.11 Å². The zero-order valence-electron chi connectivity index (χ0n) is 21.4. The molecule has 0 radical (unpaired) electrons. The maximum atomic E-state index is 11.0. The second kappa shape index (κ2) is 12.6. The van der Waals surface area contributed by atoms with E-state index in [1.54, 1.807) is 0 Å². The van der Waals surface area contributed by atoms with Crippen LogP contribution >= 0.6 is 0 Å². The maximum Gasteiger partial charge on any atom is 0.187 e. The molecule has 0 heterocycles. The summed E-state index contributed by atoms with van der Waals surface area (Å²) < 4.78 is 6.52. The van der Waals surface area contributed by atoms with Gasteiger partial charge in [0.1, 0.15) is 5.75 Å². The Bertz CT molecular complexity index is 796. The van der Waals surface area contributed by atoms with Crippen LogP contribution in [0.25, 0.3) is 0 Å². The lowest BCUT2D eigenvalue weighted by Crippen LogP contribution is -2.38. The van der Waals surface area contributed by atoms with Crippen LogP contribution in [-0.4, -0.2) is 37.0 Å². The minimum atomic E-state index is -1.72. The molecule has 0 spiro atoms. The Kier molecular flexibility index (Phi) is 10.5. The van der Waals surface area contributed by atoms with E-state index in [0.29, 0.717) is 24.4 Å². The van der Waals surface area contributed by atoms with Gasteiger partial charge in [-0.05, 0) is 77.0 Å². The van der Waals surface area contributed by atoms with Gasteiger partial charge in [-0.1, -0.05) is 62.2 Å². The van der Waals surface area contributed by atoms with E-state index in [1.165, 1.54) is 24.4 Å². The molecule has 2 aromatic carbocycles. The van der Waals surface area contributed by atoms with E-state index in [4.69, 9.17) is 4.43 Å². The van der Waals surface area contributed by atoms with Gasteiger partial charge in [0.25, 0.3) is 0 Å². The molecule has 2 rings (SSSR count). The Morgan fingerprint density at radius 3 is 2.19 bits per heavy atom. The molecule has 178 valence electrons. The third-order valence-corrected chi connectivity index (χ3v) is 8.96. The molecule has 4 heteroatoms. The smallest absolute Gasteiger partial charge is 0.187 e. The minimum absolute atomic E-state index is 0.136. The van der Waals surface area contributed by atoms with Crippen molar-refractivity contribution in [2.24, 2.45) is 0 Å². The summed E-state index contributed by atoms with van der Waals surface area (Å²) in [5.41, 5.74) is 3.41. The van der Waals surface area contributed by atoms with Gasteiger partial charge in [-0.3, -0.25) is 4.90 Å². The molecule has 1 atom stereocenters. The van der Waals surface area contributed by atoms with Crippen molar-refractivity contribution in [3.05, 3.63) is 65.2 Å². The van der Waals surface area contributed by atoms with Crippen LogP contribution in [0.2, 0.25) is 19.1 Å². The Hall–Kier alpha value is -1.62. The van der Waals surface area contributed by atoms with E-state index in [2.05, 4.69) is 89.0 Å². The fourth-order valence-corrected chi connectivity index (χ4v) is 6.52. The average molecular weight is 456 g/mol. The maximum absolute atomic E-state index is 11.0. The van der Waals surface area contributed by atoms with Gasteiger partial charge in [-0.2, -0.15) is 0 Å². The Morgan fingerprint density at radius 1 is 0.938 bits per heavy atom. The SMILES string of the molecule is CCCC[Si](C)(C)OCc1cccc(O)c1C(CCN(C(C)C)C(C)C)c1ccccc1. The molecular formula is C28H45NO2Si. The summed E-state index contributed by atoms with van der Waals surface area (Å²) >= 11 is 0. The van der Waals surface area contributed by atoms with E-state index >= 15 is 0 Å². The molecular weight excluding hydrogens is 410 g/mol. The molecule has 0 bridgehead atoms. The first-order valence-electron chi connectivity index (χ1n) is 12.4. The molecule has 0 aliphatic carbocycles. The molecule has 1 N–H and O–H groups in total. The topological polar surface area (TPSA) is 32.7 Å². The van der Waals surface area contributed by atoms with Crippen molar-refractivity contribution in [1.82, 2.24) is 4.90 Å². The van der Waals surface area contributed by atoms with Gasteiger partial charge in [-0.15, -0.1) is 0 Å². The first-order chi connectivity index (χ1) is 15.2. The van der Waals surface area contributed by atoms with Crippen LogP contribution in [0.15, 0.2) is 48.5 Å². The third kappa shape index (κ3) is 7.75. The predicted octanol–water partition coefficient (Wildman–Crippen LogP) is 7.55. The summed E-state index contributed by atoms with van der Waals surface area (Å²) in [6.07, 6.45) is 3.38. The molecule has 0 aliphatic heterocycles.